The molecule has 0 N–H and O–H groups in total. The van der Waals surface area contributed by atoms with Gasteiger partial charge in [0.1, 0.15) is 5.75 Å². The average Bonchev–Trinajstić information content (AvgIpc) is 2.90. The van der Waals surface area contributed by atoms with Gasteiger partial charge in [-0.05, 0) is 45.8 Å². The van der Waals surface area contributed by atoms with Gasteiger partial charge >= 0.3 is 0 Å². The Kier molecular flexibility index (Phi) is 4.25. The molecule has 0 aliphatic carbocycles. The van der Waals surface area contributed by atoms with E-state index in [1.165, 1.54) is 0 Å². The first-order chi connectivity index (χ1) is 10.1. The summed E-state index contributed by atoms with van der Waals surface area (Å²) in [4.78, 5) is 12.5. The van der Waals surface area contributed by atoms with Gasteiger partial charge in [-0.3, -0.25) is 4.79 Å². The molecule has 0 unspecified atom stereocenters. The number of rotatable bonds is 3. The molecule has 0 bridgehead atoms. The highest BCUT2D eigenvalue weighted by Crippen LogP contribution is 2.34. The first-order valence-electron chi connectivity index (χ1n) is 6.47. The number of hydrogen-bond donors (Lipinski definition) is 0. The van der Waals surface area contributed by atoms with Crippen LogP contribution < -0.4 is 4.74 Å². The summed E-state index contributed by atoms with van der Waals surface area (Å²) in [5, 5.41) is 1.06. The standard InChI is InChI=1S/C16H11BrCl2O2/c17-13-3-1-2-12(15(13)19)14(20)8-10-7-11(18)6-9-4-5-21-16(9)10/h1-3,6-7H,4-5,8H2. The summed E-state index contributed by atoms with van der Waals surface area (Å²) in [7, 11) is 0. The van der Waals surface area contributed by atoms with E-state index < -0.39 is 0 Å². The molecular formula is C16H11BrCl2O2. The van der Waals surface area contributed by atoms with Gasteiger partial charge < -0.3 is 4.74 Å². The molecule has 0 aromatic heterocycles. The minimum absolute atomic E-state index is 0.0544. The highest BCUT2D eigenvalue weighted by atomic mass is 79.9. The predicted octanol–water partition coefficient (Wildman–Crippen LogP) is 5.12. The number of carbonyl (C=O) groups is 1. The Morgan fingerprint density at radius 3 is 2.90 bits per heavy atom. The van der Waals surface area contributed by atoms with Crippen molar-refractivity contribution in [3.05, 3.63) is 61.5 Å². The Morgan fingerprint density at radius 1 is 1.29 bits per heavy atom. The molecule has 0 radical (unpaired) electrons. The zero-order valence-electron chi connectivity index (χ0n) is 11.0. The van der Waals surface area contributed by atoms with Gasteiger partial charge in [-0.2, -0.15) is 0 Å². The lowest BCUT2D eigenvalue weighted by atomic mass is 10.00. The van der Waals surface area contributed by atoms with Crippen LogP contribution in [0.4, 0.5) is 0 Å². The monoisotopic (exact) mass is 384 g/mol. The van der Waals surface area contributed by atoms with Crippen molar-refractivity contribution in [1.29, 1.82) is 0 Å². The predicted molar refractivity (Wildman–Crippen MR) is 87.8 cm³/mol. The number of fused-ring (bicyclic) bond motifs is 1. The lowest BCUT2D eigenvalue weighted by Gasteiger charge is -2.10. The van der Waals surface area contributed by atoms with Gasteiger partial charge in [0.05, 0.1) is 11.6 Å². The number of ether oxygens (including phenoxy) is 1. The number of hydrogen-bond acceptors (Lipinski definition) is 2. The van der Waals surface area contributed by atoms with Crippen LogP contribution in [0.25, 0.3) is 0 Å². The van der Waals surface area contributed by atoms with E-state index in [4.69, 9.17) is 27.9 Å². The first kappa shape index (κ1) is 14.9. The summed E-state index contributed by atoms with van der Waals surface area (Å²) in [6.07, 6.45) is 1.05. The van der Waals surface area contributed by atoms with E-state index in [1.807, 2.05) is 6.07 Å². The van der Waals surface area contributed by atoms with E-state index in [-0.39, 0.29) is 12.2 Å². The molecule has 108 valence electrons. The number of carbonyl (C=O) groups excluding carboxylic acids is 1. The lowest BCUT2D eigenvalue weighted by molar-refractivity contribution is 0.0992. The maximum atomic E-state index is 12.5. The van der Waals surface area contributed by atoms with Crippen LogP contribution in [0.3, 0.4) is 0 Å². The maximum absolute atomic E-state index is 12.5. The molecule has 2 nitrogen and oxygen atoms in total. The van der Waals surface area contributed by atoms with Crippen molar-refractivity contribution >= 4 is 44.9 Å². The van der Waals surface area contributed by atoms with Gasteiger partial charge in [0.2, 0.25) is 0 Å². The van der Waals surface area contributed by atoms with E-state index in [2.05, 4.69) is 15.9 Å². The second-order valence-corrected chi connectivity index (χ2v) is 6.52. The van der Waals surface area contributed by atoms with Crippen molar-refractivity contribution in [3.8, 4) is 5.75 Å². The Balaban J connectivity index is 1.94. The number of benzene rings is 2. The van der Waals surface area contributed by atoms with E-state index in [0.29, 0.717) is 26.7 Å². The minimum atomic E-state index is -0.0544. The third-order valence-electron chi connectivity index (χ3n) is 3.43. The van der Waals surface area contributed by atoms with Crippen molar-refractivity contribution < 1.29 is 9.53 Å². The van der Waals surface area contributed by atoms with E-state index in [9.17, 15) is 4.79 Å². The van der Waals surface area contributed by atoms with Crippen LogP contribution in [0.1, 0.15) is 21.5 Å². The molecule has 21 heavy (non-hydrogen) atoms. The van der Waals surface area contributed by atoms with Crippen LogP contribution in [-0.2, 0) is 12.8 Å². The first-order valence-corrected chi connectivity index (χ1v) is 8.02. The zero-order valence-corrected chi connectivity index (χ0v) is 14.1. The lowest BCUT2D eigenvalue weighted by Crippen LogP contribution is -2.06. The Bertz CT molecular complexity index is 728. The second kappa shape index (κ2) is 5.99. The average molecular weight is 386 g/mol. The molecular weight excluding hydrogens is 375 g/mol. The molecule has 1 heterocycles. The van der Waals surface area contributed by atoms with Crippen LogP contribution in [-0.4, -0.2) is 12.4 Å². The SMILES string of the molecule is O=C(Cc1cc(Cl)cc2c1OCC2)c1cccc(Br)c1Cl. The Labute approximate surface area is 141 Å². The normalized spacial score (nSPS) is 12.9. The highest BCUT2D eigenvalue weighted by molar-refractivity contribution is 9.10. The van der Waals surface area contributed by atoms with Crippen LogP contribution in [0.15, 0.2) is 34.8 Å². The maximum Gasteiger partial charge on any atom is 0.168 e. The molecule has 3 rings (SSSR count). The third-order valence-corrected chi connectivity index (χ3v) is 4.94. The summed E-state index contributed by atoms with van der Waals surface area (Å²) in [5.41, 5.74) is 2.37. The van der Waals surface area contributed by atoms with E-state index in [0.717, 1.165) is 23.3 Å². The molecule has 0 saturated heterocycles. The number of halogens is 3. The molecule has 0 saturated carbocycles. The number of Topliss-reactive ketones (excluding diaryl/α,β-unsaturated/α-hetero) is 1. The topological polar surface area (TPSA) is 26.3 Å². The zero-order chi connectivity index (χ0) is 15.0. The largest absolute Gasteiger partial charge is 0.493 e. The smallest absolute Gasteiger partial charge is 0.168 e. The minimum Gasteiger partial charge on any atom is -0.493 e. The van der Waals surface area contributed by atoms with Gasteiger partial charge in [-0.1, -0.05) is 29.3 Å². The molecule has 1 aliphatic rings. The Morgan fingerprint density at radius 2 is 2.10 bits per heavy atom. The summed E-state index contributed by atoms with van der Waals surface area (Å²) >= 11 is 15.6. The molecule has 5 heteroatoms. The molecule has 0 amide bonds. The third kappa shape index (κ3) is 2.96. The fraction of sp³-hybridized carbons (Fsp3) is 0.188. The second-order valence-electron chi connectivity index (χ2n) is 4.85. The van der Waals surface area contributed by atoms with E-state index in [1.54, 1.807) is 24.3 Å². The molecule has 2 aromatic rings. The van der Waals surface area contributed by atoms with Crippen LogP contribution in [0.5, 0.6) is 5.75 Å². The summed E-state index contributed by atoms with van der Waals surface area (Å²) in [6, 6.07) is 9.00. The van der Waals surface area contributed by atoms with Crippen molar-refractivity contribution in [2.24, 2.45) is 0 Å². The molecule has 0 atom stereocenters. The fourth-order valence-corrected chi connectivity index (χ4v) is 3.33. The molecule has 2 aromatic carbocycles. The van der Waals surface area contributed by atoms with Crippen molar-refractivity contribution in [2.75, 3.05) is 6.61 Å². The van der Waals surface area contributed by atoms with Crippen molar-refractivity contribution in [1.82, 2.24) is 0 Å². The van der Waals surface area contributed by atoms with Crippen LogP contribution in [0, 0.1) is 0 Å². The fourth-order valence-electron chi connectivity index (χ4n) is 2.46. The summed E-state index contributed by atoms with van der Waals surface area (Å²) in [5.74, 6) is 0.736. The van der Waals surface area contributed by atoms with Crippen molar-refractivity contribution in [3.63, 3.8) is 0 Å². The van der Waals surface area contributed by atoms with Gasteiger partial charge in [0.15, 0.2) is 5.78 Å². The molecule has 0 spiro atoms. The molecule has 0 fully saturated rings. The highest BCUT2D eigenvalue weighted by Gasteiger charge is 2.21. The van der Waals surface area contributed by atoms with Gasteiger partial charge in [0.25, 0.3) is 0 Å². The van der Waals surface area contributed by atoms with Crippen LogP contribution >= 0.6 is 39.1 Å². The van der Waals surface area contributed by atoms with Crippen molar-refractivity contribution in [2.45, 2.75) is 12.8 Å². The summed E-state index contributed by atoms with van der Waals surface area (Å²) < 4.78 is 6.33. The van der Waals surface area contributed by atoms with Crippen LogP contribution in [0.2, 0.25) is 10.0 Å². The van der Waals surface area contributed by atoms with E-state index >= 15 is 0 Å². The van der Waals surface area contributed by atoms with Gasteiger partial charge in [-0.25, -0.2) is 0 Å². The number of ketones is 1. The molecule has 1 aliphatic heterocycles. The quantitative estimate of drug-likeness (QED) is 0.685. The summed E-state index contributed by atoms with van der Waals surface area (Å²) in [6.45, 7) is 0.633. The Hall–Kier alpha value is -1.03. The van der Waals surface area contributed by atoms with Gasteiger partial charge in [0, 0.05) is 33.5 Å². The van der Waals surface area contributed by atoms with Gasteiger partial charge in [-0.15, -0.1) is 0 Å².